The van der Waals surface area contributed by atoms with Crippen molar-refractivity contribution in [3.8, 4) is 5.75 Å². The molecule has 1 saturated heterocycles. The summed E-state index contributed by atoms with van der Waals surface area (Å²) in [6, 6.07) is 15.7. The zero-order valence-electron chi connectivity index (χ0n) is 14.9. The minimum absolute atomic E-state index is 0.196. The summed E-state index contributed by atoms with van der Waals surface area (Å²) in [6.07, 6.45) is 0.976. The average Bonchev–Trinajstić information content (AvgIpc) is 2.94. The minimum Gasteiger partial charge on any atom is -0.497 e. The standard InChI is InChI=1S/C20H23ClN2O2S/c1-25-18-7-5-17(6-8-18)22-11-2-12-23(14-13-22)20(24)15-26-19-9-3-16(21)4-10-19/h3-10H,2,11-15H2,1H3. The van der Waals surface area contributed by atoms with Gasteiger partial charge < -0.3 is 14.5 Å². The lowest BCUT2D eigenvalue weighted by molar-refractivity contribution is -0.128. The first-order chi connectivity index (χ1) is 12.7. The number of carbonyl (C=O) groups excluding carboxylic acids is 1. The third kappa shape index (κ3) is 5.08. The molecule has 6 heteroatoms. The lowest BCUT2D eigenvalue weighted by Gasteiger charge is -2.24. The van der Waals surface area contributed by atoms with Gasteiger partial charge in [0.2, 0.25) is 5.91 Å². The normalized spacial score (nSPS) is 14.8. The van der Waals surface area contributed by atoms with E-state index in [-0.39, 0.29) is 5.91 Å². The number of nitrogens with zero attached hydrogens (tertiary/aromatic N) is 2. The molecule has 0 saturated carbocycles. The quantitative estimate of drug-likeness (QED) is 0.717. The maximum Gasteiger partial charge on any atom is 0.232 e. The summed E-state index contributed by atoms with van der Waals surface area (Å²) in [4.78, 5) is 17.9. The molecule has 0 unspecified atom stereocenters. The molecule has 1 aliphatic rings. The van der Waals surface area contributed by atoms with E-state index >= 15 is 0 Å². The van der Waals surface area contributed by atoms with Gasteiger partial charge in [0, 0.05) is 41.8 Å². The molecular weight excluding hydrogens is 368 g/mol. The van der Waals surface area contributed by atoms with Gasteiger partial charge in [-0.3, -0.25) is 4.79 Å². The smallest absolute Gasteiger partial charge is 0.232 e. The van der Waals surface area contributed by atoms with Crippen LogP contribution >= 0.6 is 23.4 Å². The van der Waals surface area contributed by atoms with E-state index in [1.54, 1.807) is 18.9 Å². The first kappa shape index (κ1) is 18.9. The van der Waals surface area contributed by atoms with Crippen LogP contribution in [0.4, 0.5) is 5.69 Å². The van der Waals surface area contributed by atoms with Crippen LogP contribution in [-0.2, 0) is 4.79 Å². The molecule has 0 aromatic heterocycles. The molecule has 1 amide bonds. The summed E-state index contributed by atoms with van der Waals surface area (Å²) in [7, 11) is 1.67. The lowest BCUT2D eigenvalue weighted by atomic mass is 10.2. The number of hydrogen-bond donors (Lipinski definition) is 0. The Balaban J connectivity index is 1.52. The van der Waals surface area contributed by atoms with Crippen molar-refractivity contribution < 1.29 is 9.53 Å². The van der Waals surface area contributed by atoms with Crippen LogP contribution in [0.1, 0.15) is 6.42 Å². The van der Waals surface area contributed by atoms with Gasteiger partial charge in [0.05, 0.1) is 12.9 Å². The van der Waals surface area contributed by atoms with Crippen LogP contribution < -0.4 is 9.64 Å². The third-order valence-corrected chi connectivity index (χ3v) is 5.71. The van der Waals surface area contributed by atoms with Crippen LogP contribution in [0, 0.1) is 0 Å². The van der Waals surface area contributed by atoms with Crippen LogP contribution in [0.25, 0.3) is 0 Å². The fourth-order valence-corrected chi connectivity index (χ4v) is 3.91. The Labute approximate surface area is 164 Å². The van der Waals surface area contributed by atoms with Crippen LogP contribution in [-0.4, -0.2) is 49.8 Å². The van der Waals surface area contributed by atoms with Crippen molar-refractivity contribution in [2.24, 2.45) is 0 Å². The molecule has 0 aliphatic carbocycles. The second-order valence-electron chi connectivity index (χ2n) is 6.16. The summed E-state index contributed by atoms with van der Waals surface area (Å²) in [6.45, 7) is 3.38. The maximum atomic E-state index is 12.6. The highest BCUT2D eigenvalue weighted by molar-refractivity contribution is 8.00. The first-order valence-electron chi connectivity index (χ1n) is 8.71. The van der Waals surface area contributed by atoms with Crippen LogP contribution in [0.5, 0.6) is 5.75 Å². The van der Waals surface area contributed by atoms with Gasteiger partial charge in [0.25, 0.3) is 0 Å². The number of methoxy groups -OCH3 is 1. The van der Waals surface area contributed by atoms with Crippen molar-refractivity contribution >= 4 is 35.0 Å². The Morgan fingerprint density at radius 2 is 1.77 bits per heavy atom. The Bertz CT molecular complexity index is 722. The molecule has 1 fully saturated rings. The molecule has 0 radical (unpaired) electrons. The Morgan fingerprint density at radius 3 is 2.46 bits per heavy atom. The average molecular weight is 391 g/mol. The third-order valence-electron chi connectivity index (χ3n) is 4.46. The van der Waals surface area contributed by atoms with E-state index in [0.29, 0.717) is 10.8 Å². The molecular formula is C20H23ClN2O2S. The number of hydrogen-bond acceptors (Lipinski definition) is 4. The molecule has 0 spiro atoms. The van der Waals surface area contributed by atoms with Crippen molar-refractivity contribution in [1.29, 1.82) is 0 Å². The molecule has 138 valence electrons. The number of ether oxygens (including phenoxy) is 1. The molecule has 2 aromatic rings. The molecule has 1 aliphatic heterocycles. The van der Waals surface area contributed by atoms with E-state index in [4.69, 9.17) is 16.3 Å². The second-order valence-corrected chi connectivity index (χ2v) is 7.65. The predicted octanol–water partition coefficient (Wildman–Crippen LogP) is 4.18. The Morgan fingerprint density at radius 1 is 1.04 bits per heavy atom. The Hall–Kier alpha value is -1.85. The molecule has 0 bridgehead atoms. The highest BCUT2D eigenvalue weighted by Gasteiger charge is 2.19. The molecule has 2 aromatic carbocycles. The van der Waals surface area contributed by atoms with E-state index < -0.39 is 0 Å². The van der Waals surface area contributed by atoms with Gasteiger partial charge in [-0.2, -0.15) is 0 Å². The largest absolute Gasteiger partial charge is 0.497 e. The van der Waals surface area contributed by atoms with Crippen LogP contribution in [0.3, 0.4) is 0 Å². The molecule has 0 N–H and O–H groups in total. The van der Waals surface area contributed by atoms with Crippen molar-refractivity contribution in [2.45, 2.75) is 11.3 Å². The molecule has 1 heterocycles. The number of benzene rings is 2. The monoisotopic (exact) mass is 390 g/mol. The lowest BCUT2D eigenvalue weighted by Crippen LogP contribution is -2.36. The Kier molecular flexibility index (Phi) is 6.69. The van der Waals surface area contributed by atoms with Crippen molar-refractivity contribution in [1.82, 2.24) is 4.90 Å². The number of rotatable bonds is 5. The topological polar surface area (TPSA) is 32.8 Å². The zero-order valence-corrected chi connectivity index (χ0v) is 16.4. The highest BCUT2D eigenvalue weighted by Crippen LogP contribution is 2.22. The molecule has 3 rings (SSSR count). The van der Waals surface area contributed by atoms with Crippen molar-refractivity contribution in [2.75, 3.05) is 43.9 Å². The number of carbonyl (C=O) groups is 1. The number of amides is 1. The van der Waals surface area contributed by atoms with Gasteiger partial charge in [-0.25, -0.2) is 0 Å². The van der Waals surface area contributed by atoms with Gasteiger partial charge in [-0.05, 0) is 55.0 Å². The minimum atomic E-state index is 0.196. The van der Waals surface area contributed by atoms with Crippen LogP contribution in [0.2, 0.25) is 5.02 Å². The first-order valence-corrected chi connectivity index (χ1v) is 10.1. The van der Waals surface area contributed by atoms with Crippen LogP contribution in [0.15, 0.2) is 53.4 Å². The summed E-state index contributed by atoms with van der Waals surface area (Å²) in [5.74, 6) is 1.52. The summed E-state index contributed by atoms with van der Waals surface area (Å²) in [5.41, 5.74) is 1.18. The maximum absolute atomic E-state index is 12.6. The fourth-order valence-electron chi connectivity index (χ4n) is 2.99. The van der Waals surface area contributed by atoms with Gasteiger partial charge in [-0.1, -0.05) is 11.6 Å². The fraction of sp³-hybridized carbons (Fsp3) is 0.350. The van der Waals surface area contributed by atoms with Crippen molar-refractivity contribution in [3.63, 3.8) is 0 Å². The van der Waals surface area contributed by atoms with E-state index in [0.717, 1.165) is 43.2 Å². The highest BCUT2D eigenvalue weighted by atomic mass is 35.5. The van der Waals surface area contributed by atoms with Gasteiger partial charge in [0.15, 0.2) is 0 Å². The molecule has 0 atom stereocenters. The predicted molar refractivity (Wildman–Crippen MR) is 109 cm³/mol. The SMILES string of the molecule is COc1ccc(N2CCCN(C(=O)CSc3ccc(Cl)cc3)CC2)cc1. The molecule has 26 heavy (non-hydrogen) atoms. The van der Waals surface area contributed by atoms with E-state index in [1.807, 2.05) is 41.3 Å². The summed E-state index contributed by atoms with van der Waals surface area (Å²) < 4.78 is 5.22. The number of thioether (sulfide) groups is 1. The van der Waals surface area contributed by atoms with E-state index in [1.165, 1.54) is 5.69 Å². The van der Waals surface area contributed by atoms with Gasteiger partial charge in [0.1, 0.15) is 5.75 Å². The zero-order chi connectivity index (χ0) is 18.4. The summed E-state index contributed by atoms with van der Waals surface area (Å²) in [5, 5.41) is 0.715. The van der Waals surface area contributed by atoms with Crippen molar-refractivity contribution in [3.05, 3.63) is 53.6 Å². The second kappa shape index (κ2) is 9.19. The van der Waals surface area contributed by atoms with Gasteiger partial charge >= 0.3 is 0 Å². The van der Waals surface area contributed by atoms with E-state index in [2.05, 4.69) is 17.0 Å². The number of anilines is 1. The van der Waals surface area contributed by atoms with Gasteiger partial charge in [-0.15, -0.1) is 11.8 Å². The number of halogens is 1. The summed E-state index contributed by atoms with van der Waals surface area (Å²) >= 11 is 7.46. The van der Waals surface area contributed by atoms with E-state index in [9.17, 15) is 4.79 Å². The molecule has 4 nitrogen and oxygen atoms in total.